The molecule has 1 amide bonds. The van der Waals surface area contributed by atoms with Crippen molar-refractivity contribution in [2.75, 3.05) is 4.90 Å². The number of carbonyl (C=O) groups excluding carboxylic acids is 1. The van der Waals surface area contributed by atoms with Gasteiger partial charge >= 0.3 is 0 Å². The maximum absolute atomic E-state index is 13.3. The minimum Gasteiger partial charge on any atom is -0.281 e. The largest absolute Gasteiger partial charge is 0.281 e. The summed E-state index contributed by atoms with van der Waals surface area (Å²) < 4.78 is 0. The Labute approximate surface area is 164 Å². The van der Waals surface area contributed by atoms with Crippen LogP contribution in [0, 0.1) is 18.3 Å². The molecule has 6 heteroatoms. The molecule has 2 aromatic rings. The summed E-state index contributed by atoms with van der Waals surface area (Å²) in [6.07, 6.45) is 14.7. The van der Waals surface area contributed by atoms with E-state index in [1.54, 1.807) is 12.4 Å². The average Bonchev–Trinajstić information content (AvgIpc) is 3.52. The number of hydrogen-bond acceptors (Lipinski definition) is 5. The Hall–Kier alpha value is -2.89. The van der Waals surface area contributed by atoms with E-state index in [2.05, 4.69) is 32.1 Å². The molecule has 6 nitrogen and oxygen atoms in total. The van der Waals surface area contributed by atoms with Gasteiger partial charge in [0.2, 0.25) is 5.91 Å². The summed E-state index contributed by atoms with van der Waals surface area (Å²) in [6, 6.07) is 0. The van der Waals surface area contributed by atoms with Crippen LogP contribution in [0.25, 0.3) is 5.57 Å². The number of anilines is 1. The van der Waals surface area contributed by atoms with Crippen molar-refractivity contribution in [2.24, 2.45) is 11.3 Å². The molecule has 2 aliphatic carbocycles. The number of rotatable bonds is 3. The summed E-state index contributed by atoms with van der Waals surface area (Å²) >= 11 is 0. The highest BCUT2D eigenvalue weighted by molar-refractivity contribution is 6.04. The maximum Gasteiger partial charge on any atom is 0.237 e. The van der Waals surface area contributed by atoms with Gasteiger partial charge in [0.25, 0.3) is 0 Å². The molecule has 28 heavy (non-hydrogen) atoms. The third-order valence-corrected chi connectivity index (χ3v) is 6.09. The fraction of sp³-hybridized carbons (Fsp3) is 0.409. The van der Waals surface area contributed by atoms with Crippen molar-refractivity contribution >= 4 is 17.2 Å². The summed E-state index contributed by atoms with van der Waals surface area (Å²) in [4.78, 5) is 32.8. The lowest BCUT2D eigenvalue weighted by Gasteiger charge is -2.26. The Morgan fingerprint density at radius 2 is 1.71 bits per heavy atom. The Bertz CT molecular complexity index is 1000. The maximum atomic E-state index is 13.3. The minimum atomic E-state index is -0.465. The summed E-state index contributed by atoms with van der Waals surface area (Å²) in [5.74, 6) is 2.37. The van der Waals surface area contributed by atoms with Crippen LogP contribution in [-0.4, -0.2) is 25.8 Å². The Balaban J connectivity index is 1.54. The van der Waals surface area contributed by atoms with Gasteiger partial charge in [0.15, 0.2) is 0 Å². The number of aromatic nitrogens is 4. The highest BCUT2D eigenvalue weighted by atomic mass is 16.2. The number of nitrogens with zero attached hydrogens (tertiary/aromatic N) is 5. The molecule has 1 atom stereocenters. The van der Waals surface area contributed by atoms with Gasteiger partial charge in [-0.05, 0) is 37.8 Å². The van der Waals surface area contributed by atoms with Crippen molar-refractivity contribution in [1.82, 2.24) is 19.9 Å². The first kappa shape index (κ1) is 17.2. The number of amides is 1. The lowest BCUT2D eigenvalue weighted by Crippen LogP contribution is -2.31. The number of fused-ring (bicyclic) bond motifs is 1. The molecular weight excluding hydrogens is 350 g/mol. The zero-order valence-electron chi connectivity index (χ0n) is 16.4. The SMILES string of the molecule is Cc1ncc(C2=CCC3C(=C2)N(c2cnc(C4CC4)nc2)C(=O)C3(C)C)cn1. The van der Waals surface area contributed by atoms with Gasteiger partial charge in [-0.25, -0.2) is 19.9 Å². The molecule has 5 rings (SSSR count). The molecule has 1 aliphatic heterocycles. The van der Waals surface area contributed by atoms with Crippen molar-refractivity contribution in [3.05, 3.63) is 59.8 Å². The lowest BCUT2D eigenvalue weighted by molar-refractivity contribution is -0.125. The predicted octanol–water partition coefficient (Wildman–Crippen LogP) is 3.81. The molecule has 0 radical (unpaired) electrons. The van der Waals surface area contributed by atoms with Crippen LogP contribution < -0.4 is 4.90 Å². The molecule has 3 heterocycles. The van der Waals surface area contributed by atoms with E-state index < -0.39 is 5.41 Å². The number of aryl methyl sites for hydroxylation is 1. The van der Waals surface area contributed by atoms with Crippen LogP contribution >= 0.6 is 0 Å². The monoisotopic (exact) mass is 373 g/mol. The van der Waals surface area contributed by atoms with Crippen molar-refractivity contribution in [1.29, 1.82) is 0 Å². The molecule has 1 saturated carbocycles. The Morgan fingerprint density at radius 3 is 2.36 bits per heavy atom. The predicted molar refractivity (Wildman–Crippen MR) is 106 cm³/mol. The van der Waals surface area contributed by atoms with Crippen molar-refractivity contribution in [3.63, 3.8) is 0 Å². The van der Waals surface area contributed by atoms with Gasteiger partial charge < -0.3 is 0 Å². The summed E-state index contributed by atoms with van der Waals surface area (Å²) in [5, 5.41) is 0. The normalized spacial score (nSPS) is 23.3. The van der Waals surface area contributed by atoms with E-state index in [0.717, 1.165) is 53.4 Å². The highest BCUT2D eigenvalue weighted by Gasteiger charge is 2.51. The van der Waals surface area contributed by atoms with E-state index in [9.17, 15) is 4.79 Å². The first-order valence-corrected chi connectivity index (χ1v) is 9.82. The van der Waals surface area contributed by atoms with E-state index in [1.165, 1.54) is 0 Å². The van der Waals surface area contributed by atoms with E-state index in [0.29, 0.717) is 5.92 Å². The number of carbonyl (C=O) groups is 1. The fourth-order valence-electron chi connectivity index (χ4n) is 4.13. The molecule has 0 N–H and O–H groups in total. The van der Waals surface area contributed by atoms with Gasteiger partial charge in [0.05, 0.1) is 23.5 Å². The van der Waals surface area contributed by atoms with Crippen LogP contribution in [0.5, 0.6) is 0 Å². The molecule has 2 aromatic heterocycles. The zero-order valence-corrected chi connectivity index (χ0v) is 16.4. The van der Waals surface area contributed by atoms with E-state index in [-0.39, 0.29) is 11.8 Å². The van der Waals surface area contributed by atoms with Crippen LogP contribution in [0.15, 0.2) is 42.6 Å². The van der Waals surface area contributed by atoms with Crippen LogP contribution in [0.3, 0.4) is 0 Å². The second-order valence-corrected chi connectivity index (χ2v) is 8.47. The first-order chi connectivity index (χ1) is 13.4. The summed E-state index contributed by atoms with van der Waals surface area (Å²) in [7, 11) is 0. The molecule has 2 fully saturated rings. The minimum absolute atomic E-state index is 0.0985. The lowest BCUT2D eigenvalue weighted by atomic mass is 9.75. The van der Waals surface area contributed by atoms with E-state index in [4.69, 9.17) is 0 Å². The Morgan fingerprint density at radius 1 is 1.04 bits per heavy atom. The first-order valence-electron chi connectivity index (χ1n) is 9.82. The zero-order chi connectivity index (χ0) is 19.5. The Kier molecular flexibility index (Phi) is 3.73. The van der Waals surface area contributed by atoms with Gasteiger partial charge in [0, 0.05) is 35.5 Å². The molecule has 142 valence electrons. The van der Waals surface area contributed by atoms with Crippen LogP contribution in [0.4, 0.5) is 5.69 Å². The summed E-state index contributed by atoms with van der Waals surface area (Å²) in [5.41, 5.74) is 3.31. The van der Waals surface area contributed by atoms with E-state index >= 15 is 0 Å². The van der Waals surface area contributed by atoms with Crippen molar-refractivity contribution < 1.29 is 4.79 Å². The van der Waals surface area contributed by atoms with Crippen molar-refractivity contribution in [2.45, 2.75) is 46.0 Å². The van der Waals surface area contributed by atoms with Crippen LogP contribution in [-0.2, 0) is 4.79 Å². The van der Waals surface area contributed by atoms with Gasteiger partial charge in [-0.15, -0.1) is 0 Å². The van der Waals surface area contributed by atoms with Crippen LogP contribution in [0.2, 0.25) is 0 Å². The van der Waals surface area contributed by atoms with E-state index in [1.807, 2.05) is 38.1 Å². The molecule has 0 aromatic carbocycles. The third-order valence-electron chi connectivity index (χ3n) is 6.09. The number of allylic oxidation sites excluding steroid dienone is 4. The number of hydrogen-bond donors (Lipinski definition) is 0. The smallest absolute Gasteiger partial charge is 0.237 e. The van der Waals surface area contributed by atoms with Gasteiger partial charge in [-0.3, -0.25) is 9.69 Å². The average molecular weight is 373 g/mol. The molecule has 0 spiro atoms. The molecular formula is C22H23N5O. The molecule has 0 bridgehead atoms. The van der Waals surface area contributed by atoms with Crippen LogP contribution in [0.1, 0.15) is 56.2 Å². The molecule has 1 unspecified atom stereocenters. The van der Waals surface area contributed by atoms with Gasteiger partial charge in [-0.1, -0.05) is 19.9 Å². The summed E-state index contributed by atoms with van der Waals surface area (Å²) in [6.45, 7) is 5.93. The van der Waals surface area contributed by atoms with Crippen molar-refractivity contribution in [3.8, 4) is 0 Å². The second-order valence-electron chi connectivity index (χ2n) is 8.47. The quantitative estimate of drug-likeness (QED) is 0.818. The highest BCUT2D eigenvalue weighted by Crippen LogP contribution is 2.50. The fourth-order valence-corrected chi connectivity index (χ4v) is 4.13. The second kappa shape index (κ2) is 6.06. The topological polar surface area (TPSA) is 71.9 Å². The standard InChI is InChI=1S/C22H23N5O/c1-13-23-9-16(10-24-13)15-6-7-18-19(8-15)27(21(28)22(18,2)3)17-11-25-20(26-12-17)14-4-5-14/h6,8-12,14,18H,4-5,7H2,1-3H3. The van der Waals surface area contributed by atoms with Gasteiger partial charge in [0.1, 0.15) is 11.6 Å². The third kappa shape index (κ3) is 2.66. The molecule has 3 aliphatic rings. The molecule has 1 saturated heterocycles. The van der Waals surface area contributed by atoms with Gasteiger partial charge in [-0.2, -0.15) is 0 Å².